The van der Waals surface area contributed by atoms with Gasteiger partial charge in [0.25, 0.3) is 0 Å². The topological polar surface area (TPSA) is 20.3 Å². The van der Waals surface area contributed by atoms with Crippen LogP contribution in [0.1, 0.15) is 28.3 Å². The minimum atomic E-state index is -0.0138. The molecule has 0 saturated heterocycles. The molecule has 0 saturated carbocycles. The fraction of sp³-hybridized carbons (Fsp3) is 0.235. The van der Waals surface area contributed by atoms with Gasteiger partial charge >= 0.3 is 0 Å². The van der Waals surface area contributed by atoms with Gasteiger partial charge in [-0.15, -0.1) is 11.3 Å². The molecule has 100 valence electrons. The molecule has 1 aromatic heterocycles. The molecule has 0 fully saturated rings. The Morgan fingerprint density at radius 2 is 2.00 bits per heavy atom. The van der Waals surface area contributed by atoms with E-state index in [1.165, 1.54) is 10.4 Å². The van der Waals surface area contributed by atoms with Gasteiger partial charge in [0, 0.05) is 29.1 Å². The number of carbonyl (C=O) groups is 1. The summed E-state index contributed by atoms with van der Waals surface area (Å²) < 4.78 is 0. The molecule has 3 heterocycles. The molecule has 4 rings (SSSR count). The smallest absolute Gasteiger partial charge is 0.234 e. The van der Waals surface area contributed by atoms with Gasteiger partial charge in [0.15, 0.2) is 0 Å². The van der Waals surface area contributed by atoms with Crippen LogP contribution >= 0.6 is 11.3 Å². The maximum atomic E-state index is 12.8. The van der Waals surface area contributed by atoms with Crippen molar-refractivity contribution in [2.75, 3.05) is 6.54 Å². The molecule has 0 bridgehead atoms. The van der Waals surface area contributed by atoms with Crippen molar-refractivity contribution in [3.63, 3.8) is 0 Å². The summed E-state index contributed by atoms with van der Waals surface area (Å²) in [7, 11) is 0. The van der Waals surface area contributed by atoms with E-state index in [0.717, 1.165) is 30.6 Å². The third-order valence-electron chi connectivity index (χ3n) is 4.19. The van der Waals surface area contributed by atoms with Crippen LogP contribution in [0.15, 0.2) is 47.9 Å². The average Bonchev–Trinajstić information content (AvgIpc) is 2.97. The highest BCUT2D eigenvalue weighted by atomic mass is 32.1. The number of amides is 1. The first-order valence-electron chi connectivity index (χ1n) is 6.98. The van der Waals surface area contributed by atoms with Gasteiger partial charge in [0.2, 0.25) is 5.91 Å². The molecule has 2 aromatic rings. The predicted octanol–water partition coefficient (Wildman–Crippen LogP) is 3.66. The van der Waals surface area contributed by atoms with Gasteiger partial charge in [0.05, 0.1) is 5.92 Å². The van der Waals surface area contributed by atoms with Gasteiger partial charge < -0.3 is 4.90 Å². The Balaban J connectivity index is 1.74. The number of allylic oxidation sites excluding steroid dienone is 1. The van der Waals surface area contributed by atoms with Crippen molar-refractivity contribution in [3.05, 3.63) is 63.9 Å². The molecule has 2 aliphatic rings. The number of nitrogens with zero attached hydrogens (tertiary/aromatic N) is 1. The maximum Gasteiger partial charge on any atom is 0.234 e. The zero-order valence-corrected chi connectivity index (χ0v) is 11.9. The molecule has 1 unspecified atom stereocenters. The van der Waals surface area contributed by atoms with Gasteiger partial charge in [0.1, 0.15) is 0 Å². The standard InChI is InChI=1S/C17H15NOS/c19-17-13(12-4-2-1-3-5-12)6-7-15-14-9-11-20-16(14)8-10-18(15)17/h1-5,7,9,11,13H,6,8,10H2. The summed E-state index contributed by atoms with van der Waals surface area (Å²) in [6.07, 6.45) is 4.03. The van der Waals surface area contributed by atoms with Crippen LogP contribution in [0.2, 0.25) is 0 Å². The van der Waals surface area contributed by atoms with Crippen LogP contribution in [-0.2, 0) is 11.2 Å². The minimum Gasteiger partial charge on any atom is -0.311 e. The lowest BCUT2D eigenvalue weighted by atomic mass is 9.88. The molecular weight excluding hydrogens is 266 g/mol. The molecule has 1 amide bonds. The Hall–Kier alpha value is -1.87. The van der Waals surface area contributed by atoms with Crippen LogP contribution in [-0.4, -0.2) is 17.4 Å². The largest absolute Gasteiger partial charge is 0.311 e. The molecule has 3 heteroatoms. The Bertz CT molecular complexity index is 686. The summed E-state index contributed by atoms with van der Waals surface area (Å²) in [5, 5.41) is 2.13. The predicted molar refractivity (Wildman–Crippen MR) is 81.5 cm³/mol. The van der Waals surface area contributed by atoms with Crippen molar-refractivity contribution >= 4 is 22.9 Å². The Kier molecular flexibility index (Phi) is 2.74. The first kappa shape index (κ1) is 11.9. The van der Waals surface area contributed by atoms with E-state index in [-0.39, 0.29) is 11.8 Å². The molecule has 0 spiro atoms. The second kappa shape index (κ2) is 4.60. The van der Waals surface area contributed by atoms with Gasteiger partial charge in [-0.25, -0.2) is 0 Å². The van der Waals surface area contributed by atoms with Crippen LogP contribution < -0.4 is 0 Å². The zero-order valence-electron chi connectivity index (χ0n) is 11.1. The Morgan fingerprint density at radius 3 is 2.85 bits per heavy atom. The molecule has 0 radical (unpaired) electrons. The molecule has 1 atom stereocenters. The number of hydrogen-bond acceptors (Lipinski definition) is 2. The second-order valence-corrected chi connectivity index (χ2v) is 6.29. The fourth-order valence-electron chi connectivity index (χ4n) is 3.17. The van der Waals surface area contributed by atoms with Crippen LogP contribution in [0.5, 0.6) is 0 Å². The quantitative estimate of drug-likeness (QED) is 0.781. The van der Waals surface area contributed by atoms with Gasteiger partial charge in [-0.05, 0) is 23.4 Å². The molecule has 2 nitrogen and oxygen atoms in total. The van der Waals surface area contributed by atoms with E-state index in [0.29, 0.717) is 0 Å². The number of hydrogen-bond donors (Lipinski definition) is 0. The van der Waals surface area contributed by atoms with E-state index >= 15 is 0 Å². The summed E-state index contributed by atoms with van der Waals surface area (Å²) in [6, 6.07) is 12.3. The van der Waals surface area contributed by atoms with Crippen molar-refractivity contribution in [3.8, 4) is 0 Å². The lowest BCUT2D eigenvalue weighted by molar-refractivity contribution is -0.130. The monoisotopic (exact) mass is 281 g/mol. The van der Waals surface area contributed by atoms with Crippen molar-refractivity contribution in [2.24, 2.45) is 0 Å². The molecule has 2 aliphatic heterocycles. The van der Waals surface area contributed by atoms with Crippen LogP contribution in [0.3, 0.4) is 0 Å². The first-order valence-corrected chi connectivity index (χ1v) is 7.86. The van der Waals surface area contributed by atoms with Crippen molar-refractivity contribution in [2.45, 2.75) is 18.8 Å². The Morgan fingerprint density at radius 1 is 1.15 bits per heavy atom. The van der Waals surface area contributed by atoms with Crippen molar-refractivity contribution in [1.29, 1.82) is 0 Å². The molecule has 0 aliphatic carbocycles. The lowest BCUT2D eigenvalue weighted by Gasteiger charge is -2.36. The minimum absolute atomic E-state index is 0.0138. The molecular formula is C17H15NOS. The highest BCUT2D eigenvalue weighted by Gasteiger charge is 2.34. The molecule has 0 N–H and O–H groups in total. The lowest BCUT2D eigenvalue weighted by Crippen LogP contribution is -2.40. The van der Waals surface area contributed by atoms with Gasteiger partial charge in [-0.3, -0.25) is 4.79 Å². The summed E-state index contributed by atoms with van der Waals surface area (Å²) in [5.41, 5.74) is 3.52. The highest BCUT2D eigenvalue weighted by Crippen LogP contribution is 2.39. The first-order chi connectivity index (χ1) is 9.84. The molecule has 1 aromatic carbocycles. The Labute approximate surface area is 122 Å². The van der Waals surface area contributed by atoms with E-state index in [2.05, 4.69) is 29.7 Å². The molecule has 20 heavy (non-hydrogen) atoms. The zero-order chi connectivity index (χ0) is 13.5. The van der Waals surface area contributed by atoms with E-state index in [9.17, 15) is 4.79 Å². The maximum absolute atomic E-state index is 12.8. The number of rotatable bonds is 1. The normalized spacial score (nSPS) is 21.2. The van der Waals surface area contributed by atoms with E-state index in [4.69, 9.17) is 0 Å². The number of carbonyl (C=O) groups excluding carboxylic acids is 1. The van der Waals surface area contributed by atoms with E-state index in [1.54, 1.807) is 11.3 Å². The summed E-state index contributed by atoms with van der Waals surface area (Å²) in [5.74, 6) is 0.241. The van der Waals surface area contributed by atoms with Crippen LogP contribution in [0, 0.1) is 0 Å². The SMILES string of the molecule is O=C1C(c2ccccc2)CC=C2c3ccsc3CCN12. The number of fused-ring (bicyclic) bond motifs is 3. The average molecular weight is 281 g/mol. The van der Waals surface area contributed by atoms with E-state index in [1.807, 2.05) is 23.1 Å². The van der Waals surface area contributed by atoms with Crippen molar-refractivity contribution in [1.82, 2.24) is 4.90 Å². The summed E-state index contributed by atoms with van der Waals surface area (Å²) in [6.45, 7) is 0.821. The highest BCUT2D eigenvalue weighted by molar-refractivity contribution is 7.10. The third-order valence-corrected chi connectivity index (χ3v) is 5.17. The van der Waals surface area contributed by atoms with Crippen LogP contribution in [0.25, 0.3) is 5.70 Å². The fourth-order valence-corrected chi connectivity index (χ4v) is 4.05. The third kappa shape index (κ3) is 1.74. The van der Waals surface area contributed by atoms with Gasteiger partial charge in [-0.1, -0.05) is 36.4 Å². The second-order valence-electron chi connectivity index (χ2n) is 5.29. The van der Waals surface area contributed by atoms with E-state index < -0.39 is 0 Å². The number of thiophene rings is 1. The van der Waals surface area contributed by atoms with Gasteiger partial charge in [-0.2, -0.15) is 0 Å². The summed E-state index contributed by atoms with van der Waals surface area (Å²) in [4.78, 5) is 16.2. The van der Waals surface area contributed by atoms with Crippen molar-refractivity contribution < 1.29 is 4.79 Å². The number of benzene rings is 1. The summed E-state index contributed by atoms with van der Waals surface area (Å²) >= 11 is 1.80. The van der Waals surface area contributed by atoms with Crippen LogP contribution in [0.4, 0.5) is 0 Å².